The second-order valence-corrected chi connectivity index (χ2v) is 8.25. The van der Waals surface area contributed by atoms with Gasteiger partial charge in [0.05, 0.1) is 39.4 Å². The molecule has 0 saturated carbocycles. The van der Waals surface area contributed by atoms with Crippen molar-refractivity contribution in [3.8, 4) is 11.5 Å². The van der Waals surface area contributed by atoms with E-state index in [-0.39, 0.29) is 18.3 Å². The van der Waals surface area contributed by atoms with Crippen LogP contribution in [0.2, 0.25) is 0 Å². The Morgan fingerprint density at radius 1 is 1.15 bits per heavy atom. The number of Topliss-reactive ketones (excluding diaryl/α,β-unsaturated/α-hetero) is 1. The molecule has 0 radical (unpaired) electrons. The Morgan fingerprint density at radius 2 is 1.88 bits per heavy atom. The molecule has 3 rings (SSSR count). The zero-order valence-corrected chi connectivity index (χ0v) is 19.9. The van der Waals surface area contributed by atoms with Crippen LogP contribution < -0.4 is 14.8 Å². The molecule has 1 aliphatic carbocycles. The minimum Gasteiger partial charge on any atom is -0.493 e. The summed E-state index contributed by atoms with van der Waals surface area (Å²) in [5.74, 6) is -2.61. The molecule has 0 saturated heterocycles. The van der Waals surface area contributed by atoms with Gasteiger partial charge in [0.2, 0.25) is 0 Å². The molecule has 178 valence electrons. The van der Waals surface area contributed by atoms with Crippen LogP contribution in [0.3, 0.4) is 0 Å². The standard InChI is InChI=1S/C25H31NO7/c1-7-11-33-25(29)19-14(3)26-16-12-13(2)18(24(28)32-6)22(27)21(16)20(19)15-9-8-10-17(30-4)23(15)31-5/h8-10,13,18,20,26H,7,11-12H2,1-6H3/t13-,18+,20-/m0/s1. The third-order valence-corrected chi connectivity index (χ3v) is 6.14. The summed E-state index contributed by atoms with van der Waals surface area (Å²) in [4.78, 5) is 39.5. The topological polar surface area (TPSA) is 100 Å². The zero-order valence-electron chi connectivity index (χ0n) is 19.9. The average molecular weight is 458 g/mol. The van der Waals surface area contributed by atoms with Crippen LogP contribution >= 0.6 is 0 Å². The van der Waals surface area contributed by atoms with Crippen molar-refractivity contribution in [2.45, 2.75) is 39.5 Å². The Balaban J connectivity index is 2.26. The quantitative estimate of drug-likeness (QED) is 0.492. The number of dihydropyridines is 1. The van der Waals surface area contributed by atoms with Gasteiger partial charge in [-0.15, -0.1) is 0 Å². The summed E-state index contributed by atoms with van der Waals surface area (Å²) in [7, 11) is 4.30. The van der Waals surface area contributed by atoms with Gasteiger partial charge >= 0.3 is 11.9 Å². The van der Waals surface area contributed by atoms with E-state index in [0.29, 0.717) is 52.4 Å². The second-order valence-electron chi connectivity index (χ2n) is 8.25. The lowest BCUT2D eigenvalue weighted by Gasteiger charge is -2.38. The number of rotatable bonds is 7. The highest BCUT2D eigenvalue weighted by Crippen LogP contribution is 2.49. The van der Waals surface area contributed by atoms with E-state index < -0.39 is 23.8 Å². The molecule has 0 spiro atoms. The van der Waals surface area contributed by atoms with Gasteiger partial charge in [0.15, 0.2) is 17.3 Å². The van der Waals surface area contributed by atoms with Crippen molar-refractivity contribution in [3.05, 3.63) is 46.3 Å². The normalized spacial score (nSPS) is 22.4. The summed E-state index contributed by atoms with van der Waals surface area (Å²) in [6, 6.07) is 5.31. The first-order valence-corrected chi connectivity index (χ1v) is 11.0. The molecule has 0 fully saturated rings. The highest BCUT2D eigenvalue weighted by Gasteiger charge is 2.48. The summed E-state index contributed by atoms with van der Waals surface area (Å²) in [5, 5.41) is 3.24. The number of nitrogens with one attached hydrogen (secondary N) is 1. The van der Waals surface area contributed by atoms with E-state index in [1.54, 1.807) is 25.1 Å². The monoisotopic (exact) mass is 457 g/mol. The van der Waals surface area contributed by atoms with Gasteiger partial charge in [0, 0.05) is 22.5 Å². The number of para-hydroxylation sites is 1. The van der Waals surface area contributed by atoms with Crippen molar-refractivity contribution < 1.29 is 33.3 Å². The molecule has 1 aliphatic heterocycles. The number of methoxy groups -OCH3 is 3. The maximum absolute atomic E-state index is 13.8. The van der Waals surface area contributed by atoms with Crippen LogP contribution in [0.15, 0.2) is 40.7 Å². The molecule has 0 amide bonds. The molecule has 2 aliphatic rings. The molecule has 1 N–H and O–H groups in total. The molecule has 0 bridgehead atoms. The Kier molecular flexibility index (Phi) is 7.46. The maximum atomic E-state index is 13.8. The second kappa shape index (κ2) is 10.1. The highest BCUT2D eigenvalue weighted by atomic mass is 16.5. The lowest BCUT2D eigenvalue weighted by molar-refractivity contribution is -0.151. The highest BCUT2D eigenvalue weighted by molar-refractivity contribution is 6.12. The summed E-state index contributed by atoms with van der Waals surface area (Å²) in [5.41, 5.74) is 2.53. The van der Waals surface area contributed by atoms with Gasteiger partial charge < -0.3 is 24.3 Å². The zero-order chi connectivity index (χ0) is 24.3. The van der Waals surface area contributed by atoms with Crippen LogP contribution in [0, 0.1) is 11.8 Å². The minimum atomic E-state index is -0.957. The predicted molar refractivity (Wildman–Crippen MR) is 121 cm³/mol. The van der Waals surface area contributed by atoms with Crippen molar-refractivity contribution >= 4 is 17.7 Å². The Labute approximate surface area is 193 Å². The van der Waals surface area contributed by atoms with Crippen LogP contribution in [-0.2, 0) is 23.9 Å². The number of ether oxygens (including phenoxy) is 4. The van der Waals surface area contributed by atoms with Gasteiger partial charge in [-0.05, 0) is 31.7 Å². The molecule has 0 aromatic heterocycles. The Bertz CT molecular complexity index is 1020. The molecular formula is C25H31NO7. The van der Waals surface area contributed by atoms with Crippen molar-refractivity contribution in [3.63, 3.8) is 0 Å². The Hall–Kier alpha value is -3.29. The molecule has 8 heteroatoms. The van der Waals surface area contributed by atoms with Crippen LogP contribution in [0.5, 0.6) is 11.5 Å². The van der Waals surface area contributed by atoms with Crippen LogP contribution in [0.4, 0.5) is 0 Å². The molecule has 1 heterocycles. The molecule has 33 heavy (non-hydrogen) atoms. The number of hydrogen-bond acceptors (Lipinski definition) is 8. The van der Waals surface area contributed by atoms with Gasteiger partial charge in [-0.1, -0.05) is 26.0 Å². The summed E-state index contributed by atoms with van der Waals surface area (Å²) in [6.45, 7) is 5.78. The smallest absolute Gasteiger partial charge is 0.336 e. The van der Waals surface area contributed by atoms with E-state index in [1.807, 2.05) is 13.8 Å². The summed E-state index contributed by atoms with van der Waals surface area (Å²) < 4.78 is 21.5. The van der Waals surface area contributed by atoms with E-state index in [2.05, 4.69) is 5.32 Å². The number of ketones is 1. The number of benzene rings is 1. The SMILES string of the molecule is CCCOC(=O)C1=C(C)NC2=C(C(=O)[C@H](C(=O)OC)[C@@H](C)C2)[C@H]1c1cccc(OC)c1OC. The van der Waals surface area contributed by atoms with Crippen LogP contribution in [-0.4, -0.2) is 45.7 Å². The molecule has 0 unspecified atom stereocenters. The first-order valence-electron chi connectivity index (χ1n) is 11.0. The van der Waals surface area contributed by atoms with Gasteiger partial charge in [-0.25, -0.2) is 4.79 Å². The first kappa shape index (κ1) is 24.4. The van der Waals surface area contributed by atoms with E-state index in [1.165, 1.54) is 21.3 Å². The number of allylic oxidation sites excluding steroid dienone is 3. The predicted octanol–water partition coefficient (Wildman–Crippen LogP) is 3.27. The van der Waals surface area contributed by atoms with E-state index in [4.69, 9.17) is 18.9 Å². The molecule has 3 atom stereocenters. The fraction of sp³-hybridized carbons (Fsp3) is 0.480. The van der Waals surface area contributed by atoms with Crippen molar-refractivity contribution in [2.24, 2.45) is 11.8 Å². The van der Waals surface area contributed by atoms with Crippen molar-refractivity contribution in [2.75, 3.05) is 27.9 Å². The number of carbonyl (C=O) groups is 3. The summed E-state index contributed by atoms with van der Waals surface area (Å²) in [6.07, 6.45) is 1.12. The van der Waals surface area contributed by atoms with Crippen LogP contribution in [0.25, 0.3) is 0 Å². The van der Waals surface area contributed by atoms with Gasteiger partial charge in [-0.3, -0.25) is 9.59 Å². The first-order chi connectivity index (χ1) is 15.8. The number of esters is 2. The summed E-state index contributed by atoms with van der Waals surface area (Å²) >= 11 is 0. The minimum absolute atomic E-state index is 0.249. The Morgan fingerprint density at radius 3 is 2.48 bits per heavy atom. The third kappa shape index (κ3) is 4.34. The number of carbonyl (C=O) groups excluding carboxylic acids is 3. The van der Waals surface area contributed by atoms with Crippen molar-refractivity contribution in [1.29, 1.82) is 0 Å². The molecule has 1 aromatic carbocycles. The lowest BCUT2D eigenvalue weighted by atomic mass is 9.69. The van der Waals surface area contributed by atoms with Gasteiger partial charge in [0.1, 0.15) is 5.92 Å². The van der Waals surface area contributed by atoms with E-state index in [9.17, 15) is 14.4 Å². The van der Waals surface area contributed by atoms with E-state index >= 15 is 0 Å². The van der Waals surface area contributed by atoms with Crippen molar-refractivity contribution in [1.82, 2.24) is 5.32 Å². The van der Waals surface area contributed by atoms with E-state index in [0.717, 1.165) is 0 Å². The average Bonchev–Trinajstić information content (AvgIpc) is 2.80. The van der Waals surface area contributed by atoms with Gasteiger partial charge in [-0.2, -0.15) is 0 Å². The fourth-order valence-corrected chi connectivity index (χ4v) is 4.67. The fourth-order valence-electron chi connectivity index (χ4n) is 4.67. The van der Waals surface area contributed by atoms with Gasteiger partial charge in [0.25, 0.3) is 0 Å². The van der Waals surface area contributed by atoms with Crippen LogP contribution in [0.1, 0.15) is 45.1 Å². The molecular weight excluding hydrogens is 426 g/mol. The maximum Gasteiger partial charge on any atom is 0.336 e. The molecule has 1 aromatic rings. The lowest BCUT2D eigenvalue weighted by Crippen LogP contribution is -2.43. The molecule has 8 nitrogen and oxygen atoms in total. The third-order valence-electron chi connectivity index (χ3n) is 6.14. The number of hydrogen-bond donors (Lipinski definition) is 1. The largest absolute Gasteiger partial charge is 0.493 e.